The van der Waals surface area contributed by atoms with Gasteiger partial charge in [-0.15, -0.1) is 0 Å². The summed E-state index contributed by atoms with van der Waals surface area (Å²) in [6, 6.07) is 8.66. The van der Waals surface area contributed by atoms with Crippen LogP contribution in [0.15, 0.2) is 24.3 Å². The molecule has 3 fully saturated rings. The SMILES string of the molecule is CNCC[C@@H]1C2CCC(CC2)[C@@H]1c1ccc(Cl)cc1. The van der Waals surface area contributed by atoms with Gasteiger partial charge in [-0.05, 0) is 87.1 Å². The topological polar surface area (TPSA) is 12.0 Å². The minimum absolute atomic E-state index is 0.776. The van der Waals surface area contributed by atoms with Crippen molar-refractivity contribution in [2.75, 3.05) is 13.6 Å². The van der Waals surface area contributed by atoms with Crippen molar-refractivity contribution in [2.24, 2.45) is 17.8 Å². The van der Waals surface area contributed by atoms with Crippen molar-refractivity contribution < 1.29 is 0 Å². The van der Waals surface area contributed by atoms with Crippen LogP contribution < -0.4 is 5.32 Å². The van der Waals surface area contributed by atoms with Gasteiger partial charge < -0.3 is 5.32 Å². The standard InChI is InChI=1S/C17H24ClN/c1-19-11-10-16-12-2-4-13(5-3-12)17(16)14-6-8-15(18)9-7-14/h6-9,12-13,16-17,19H,2-5,10-11H2,1H3/t12?,13?,16-,17-/m1/s1. The second-order valence-electron chi connectivity index (χ2n) is 6.31. The fourth-order valence-electron chi connectivity index (χ4n) is 4.51. The van der Waals surface area contributed by atoms with Gasteiger partial charge in [-0.3, -0.25) is 0 Å². The predicted octanol–water partition coefficient (Wildman–Crippen LogP) is 4.47. The number of fused-ring (bicyclic) bond motifs is 3. The zero-order valence-electron chi connectivity index (χ0n) is 11.7. The molecule has 1 nitrogen and oxygen atoms in total. The van der Waals surface area contributed by atoms with Crippen LogP contribution in [-0.2, 0) is 0 Å². The summed E-state index contributed by atoms with van der Waals surface area (Å²) in [6.07, 6.45) is 7.12. The molecule has 1 aromatic rings. The van der Waals surface area contributed by atoms with E-state index in [1.54, 1.807) is 0 Å². The van der Waals surface area contributed by atoms with Crippen molar-refractivity contribution in [2.45, 2.75) is 38.0 Å². The first-order valence-corrected chi connectivity index (χ1v) is 8.07. The van der Waals surface area contributed by atoms with Crippen molar-refractivity contribution in [3.8, 4) is 0 Å². The van der Waals surface area contributed by atoms with Crippen molar-refractivity contribution in [1.82, 2.24) is 5.32 Å². The second-order valence-corrected chi connectivity index (χ2v) is 6.74. The van der Waals surface area contributed by atoms with E-state index in [9.17, 15) is 0 Å². The van der Waals surface area contributed by atoms with Crippen LogP contribution in [0, 0.1) is 17.8 Å². The van der Waals surface area contributed by atoms with E-state index >= 15 is 0 Å². The van der Waals surface area contributed by atoms with Gasteiger partial charge in [0.2, 0.25) is 0 Å². The first-order valence-electron chi connectivity index (χ1n) is 7.69. The Kier molecular flexibility index (Phi) is 4.14. The summed E-state index contributed by atoms with van der Waals surface area (Å²) in [5.41, 5.74) is 1.53. The maximum absolute atomic E-state index is 6.04. The molecular formula is C17H24ClN. The van der Waals surface area contributed by atoms with Gasteiger partial charge in [0.05, 0.1) is 0 Å². The Balaban J connectivity index is 1.84. The fourth-order valence-corrected chi connectivity index (χ4v) is 4.63. The minimum atomic E-state index is 0.776. The van der Waals surface area contributed by atoms with Gasteiger partial charge in [-0.2, -0.15) is 0 Å². The van der Waals surface area contributed by atoms with Crippen molar-refractivity contribution in [1.29, 1.82) is 0 Å². The van der Waals surface area contributed by atoms with Crippen molar-refractivity contribution in [3.63, 3.8) is 0 Å². The van der Waals surface area contributed by atoms with E-state index < -0.39 is 0 Å². The third kappa shape index (κ3) is 2.68. The molecule has 2 heteroatoms. The lowest BCUT2D eigenvalue weighted by molar-refractivity contribution is 0.0627. The molecule has 3 aliphatic rings. The van der Waals surface area contributed by atoms with Gasteiger partial charge in [-0.25, -0.2) is 0 Å². The summed E-state index contributed by atoms with van der Waals surface area (Å²) < 4.78 is 0. The number of benzene rings is 1. The highest BCUT2D eigenvalue weighted by atomic mass is 35.5. The second kappa shape index (κ2) is 5.85. The molecule has 2 atom stereocenters. The van der Waals surface area contributed by atoms with E-state index in [1.807, 2.05) is 0 Å². The maximum Gasteiger partial charge on any atom is 0.0406 e. The quantitative estimate of drug-likeness (QED) is 0.856. The molecule has 0 amide bonds. The lowest BCUT2D eigenvalue weighted by atomic mass is 9.56. The Bertz CT molecular complexity index is 406. The zero-order chi connectivity index (χ0) is 13.2. The van der Waals surface area contributed by atoms with E-state index in [0.29, 0.717) is 0 Å². The number of nitrogens with one attached hydrogen (secondary N) is 1. The highest BCUT2D eigenvalue weighted by molar-refractivity contribution is 6.30. The molecule has 1 N–H and O–H groups in total. The highest BCUT2D eigenvalue weighted by Crippen LogP contribution is 2.54. The van der Waals surface area contributed by atoms with Gasteiger partial charge in [-0.1, -0.05) is 23.7 Å². The third-order valence-corrected chi connectivity index (χ3v) is 5.63. The molecule has 1 aromatic carbocycles. The van der Waals surface area contributed by atoms with Gasteiger partial charge in [0.1, 0.15) is 0 Å². The first-order chi connectivity index (χ1) is 9.29. The predicted molar refractivity (Wildman–Crippen MR) is 81.7 cm³/mol. The highest BCUT2D eigenvalue weighted by Gasteiger charge is 2.43. The molecule has 19 heavy (non-hydrogen) atoms. The molecule has 0 radical (unpaired) electrons. The van der Waals surface area contributed by atoms with Crippen molar-refractivity contribution in [3.05, 3.63) is 34.9 Å². The van der Waals surface area contributed by atoms with Crippen LogP contribution in [0.1, 0.15) is 43.6 Å². The molecule has 4 rings (SSSR count). The molecule has 3 saturated carbocycles. The first kappa shape index (κ1) is 13.5. The Hall–Kier alpha value is -0.530. The molecule has 0 spiro atoms. The van der Waals surface area contributed by atoms with Crippen LogP contribution in [0.4, 0.5) is 0 Å². The van der Waals surface area contributed by atoms with Crippen LogP contribution in [0.3, 0.4) is 0 Å². The van der Waals surface area contributed by atoms with E-state index in [4.69, 9.17) is 11.6 Å². The summed E-state index contributed by atoms with van der Waals surface area (Å²) in [5.74, 6) is 3.52. The molecule has 0 heterocycles. The van der Waals surface area contributed by atoms with Gasteiger partial charge in [0.15, 0.2) is 0 Å². The molecule has 0 aliphatic heterocycles. The Morgan fingerprint density at radius 1 is 1.05 bits per heavy atom. The summed E-state index contributed by atoms with van der Waals surface area (Å²) in [6.45, 7) is 1.15. The lowest BCUT2D eigenvalue weighted by Gasteiger charge is -2.49. The normalized spacial score (nSPS) is 33.6. The average Bonchev–Trinajstić information content (AvgIpc) is 2.47. The van der Waals surface area contributed by atoms with E-state index in [1.165, 1.54) is 37.7 Å². The molecule has 3 aliphatic carbocycles. The summed E-state index contributed by atoms with van der Waals surface area (Å²) in [5, 5.41) is 4.19. The van der Waals surface area contributed by atoms with Crippen LogP contribution in [0.25, 0.3) is 0 Å². The van der Waals surface area contributed by atoms with Crippen LogP contribution in [-0.4, -0.2) is 13.6 Å². The zero-order valence-corrected chi connectivity index (χ0v) is 12.5. The number of halogens is 1. The summed E-state index contributed by atoms with van der Waals surface area (Å²) in [7, 11) is 2.07. The number of rotatable bonds is 4. The Morgan fingerprint density at radius 2 is 1.68 bits per heavy atom. The van der Waals surface area contributed by atoms with Gasteiger partial charge in [0.25, 0.3) is 0 Å². The largest absolute Gasteiger partial charge is 0.320 e. The van der Waals surface area contributed by atoms with Crippen LogP contribution >= 0.6 is 11.6 Å². The number of hydrogen-bond donors (Lipinski definition) is 1. The van der Waals surface area contributed by atoms with Gasteiger partial charge >= 0.3 is 0 Å². The fraction of sp³-hybridized carbons (Fsp3) is 0.647. The van der Waals surface area contributed by atoms with E-state index in [-0.39, 0.29) is 0 Å². The molecule has 104 valence electrons. The molecule has 0 aromatic heterocycles. The van der Waals surface area contributed by atoms with Crippen LogP contribution in [0.2, 0.25) is 5.02 Å². The van der Waals surface area contributed by atoms with Gasteiger partial charge in [0, 0.05) is 5.02 Å². The third-order valence-electron chi connectivity index (χ3n) is 5.37. The Morgan fingerprint density at radius 3 is 2.32 bits per heavy atom. The summed E-state index contributed by atoms with van der Waals surface area (Å²) in [4.78, 5) is 0. The smallest absolute Gasteiger partial charge is 0.0406 e. The Labute approximate surface area is 121 Å². The number of hydrogen-bond acceptors (Lipinski definition) is 1. The minimum Gasteiger partial charge on any atom is -0.320 e. The summed E-state index contributed by atoms with van der Waals surface area (Å²) >= 11 is 6.04. The average molecular weight is 278 g/mol. The van der Waals surface area contributed by atoms with Crippen LogP contribution in [0.5, 0.6) is 0 Å². The molecule has 2 bridgehead atoms. The molecule has 0 saturated heterocycles. The monoisotopic (exact) mass is 277 g/mol. The molecule has 0 unspecified atom stereocenters. The van der Waals surface area contributed by atoms with E-state index in [2.05, 4.69) is 36.6 Å². The lowest BCUT2D eigenvalue weighted by Crippen LogP contribution is -2.39. The van der Waals surface area contributed by atoms with E-state index in [0.717, 1.165) is 35.2 Å². The maximum atomic E-state index is 6.04. The molecular weight excluding hydrogens is 254 g/mol. The van der Waals surface area contributed by atoms with Crippen molar-refractivity contribution >= 4 is 11.6 Å².